The summed E-state index contributed by atoms with van der Waals surface area (Å²) in [7, 11) is 0. The Balaban J connectivity index is 1.67. The fourth-order valence-corrected chi connectivity index (χ4v) is 3.51. The maximum absolute atomic E-state index is 12.9. The highest BCUT2D eigenvalue weighted by Crippen LogP contribution is 2.25. The molecule has 4 nitrogen and oxygen atoms in total. The second-order valence-electron chi connectivity index (χ2n) is 6.91. The van der Waals surface area contributed by atoms with Gasteiger partial charge in [-0.3, -0.25) is 4.79 Å². The molecule has 0 aliphatic carbocycles. The summed E-state index contributed by atoms with van der Waals surface area (Å²) in [5, 5.41) is 0. The summed E-state index contributed by atoms with van der Waals surface area (Å²) >= 11 is 0. The molecule has 2 aromatic rings. The minimum atomic E-state index is 0.108. The third kappa shape index (κ3) is 3.69. The van der Waals surface area contributed by atoms with Crippen LogP contribution in [-0.4, -0.2) is 43.6 Å². The Labute approximate surface area is 156 Å². The van der Waals surface area contributed by atoms with Crippen LogP contribution in [0.1, 0.15) is 34.0 Å². The smallest absolute Gasteiger partial charge is 0.253 e. The van der Waals surface area contributed by atoms with Crippen LogP contribution in [0.3, 0.4) is 0 Å². The van der Waals surface area contributed by atoms with E-state index in [1.165, 1.54) is 16.8 Å². The molecule has 1 aliphatic heterocycles. The average molecular weight is 352 g/mol. The lowest BCUT2D eigenvalue weighted by atomic mass is 10.1. The number of carbonyl (C=O) groups is 1. The molecule has 0 spiro atoms. The standard InChI is InChI=1S/C22H28N2O2/c1-5-26-21-10-9-19(15-17(21)3)22(25)24-13-11-23(12-14-24)20-8-6-7-16(2)18(20)4/h6-10,15H,5,11-14H2,1-4H3. The number of amides is 1. The summed E-state index contributed by atoms with van der Waals surface area (Å²) in [6.45, 7) is 12.1. The molecule has 0 unspecified atom stereocenters. The average Bonchev–Trinajstić information content (AvgIpc) is 2.65. The molecule has 1 saturated heterocycles. The largest absolute Gasteiger partial charge is 0.494 e. The van der Waals surface area contributed by atoms with Crippen LogP contribution in [0.2, 0.25) is 0 Å². The van der Waals surface area contributed by atoms with E-state index in [1.807, 2.05) is 36.9 Å². The van der Waals surface area contributed by atoms with E-state index < -0.39 is 0 Å². The monoisotopic (exact) mass is 352 g/mol. The van der Waals surface area contributed by atoms with Crippen LogP contribution in [0.25, 0.3) is 0 Å². The molecule has 1 amide bonds. The highest BCUT2D eigenvalue weighted by molar-refractivity contribution is 5.94. The summed E-state index contributed by atoms with van der Waals surface area (Å²) < 4.78 is 5.57. The van der Waals surface area contributed by atoms with Crippen molar-refractivity contribution in [2.24, 2.45) is 0 Å². The van der Waals surface area contributed by atoms with Crippen molar-refractivity contribution in [1.82, 2.24) is 4.90 Å². The number of hydrogen-bond acceptors (Lipinski definition) is 3. The van der Waals surface area contributed by atoms with Gasteiger partial charge in [0.25, 0.3) is 5.91 Å². The quantitative estimate of drug-likeness (QED) is 0.835. The number of benzene rings is 2. The lowest BCUT2D eigenvalue weighted by Gasteiger charge is -2.37. The lowest BCUT2D eigenvalue weighted by molar-refractivity contribution is 0.0746. The van der Waals surface area contributed by atoms with Gasteiger partial charge in [-0.1, -0.05) is 12.1 Å². The van der Waals surface area contributed by atoms with Gasteiger partial charge in [-0.05, 0) is 68.7 Å². The Kier molecular flexibility index (Phi) is 5.50. The number of anilines is 1. The third-order valence-electron chi connectivity index (χ3n) is 5.21. The molecule has 0 N–H and O–H groups in total. The van der Waals surface area contributed by atoms with Crippen molar-refractivity contribution in [2.45, 2.75) is 27.7 Å². The molecule has 1 fully saturated rings. The van der Waals surface area contributed by atoms with Gasteiger partial charge >= 0.3 is 0 Å². The van der Waals surface area contributed by atoms with E-state index in [9.17, 15) is 4.79 Å². The van der Waals surface area contributed by atoms with Gasteiger partial charge in [0, 0.05) is 37.4 Å². The topological polar surface area (TPSA) is 32.8 Å². The molecule has 1 aliphatic rings. The van der Waals surface area contributed by atoms with E-state index in [4.69, 9.17) is 4.74 Å². The van der Waals surface area contributed by atoms with Crippen LogP contribution >= 0.6 is 0 Å². The van der Waals surface area contributed by atoms with Crippen LogP contribution in [0.4, 0.5) is 5.69 Å². The van der Waals surface area contributed by atoms with Gasteiger partial charge < -0.3 is 14.5 Å². The number of rotatable bonds is 4. The first-order chi connectivity index (χ1) is 12.5. The summed E-state index contributed by atoms with van der Waals surface area (Å²) in [6, 6.07) is 12.1. The molecule has 26 heavy (non-hydrogen) atoms. The fraction of sp³-hybridized carbons (Fsp3) is 0.409. The first kappa shape index (κ1) is 18.3. The molecule has 138 valence electrons. The lowest BCUT2D eigenvalue weighted by Crippen LogP contribution is -2.49. The second-order valence-corrected chi connectivity index (χ2v) is 6.91. The van der Waals surface area contributed by atoms with Crippen molar-refractivity contribution in [3.8, 4) is 5.75 Å². The summed E-state index contributed by atoms with van der Waals surface area (Å²) in [5.74, 6) is 0.959. The van der Waals surface area contributed by atoms with Gasteiger partial charge in [0.05, 0.1) is 6.61 Å². The zero-order valence-corrected chi connectivity index (χ0v) is 16.2. The number of carbonyl (C=O) groups excluding carboxylic acids is 1. The summed E-state index contributed by atoms with van der Waals surface area (Å²) in [5.41, 5.74) is 5.67. The fourth-order valence-electron chi connectivity index (χ4n) is 3.51. The molecule has 1 heterocycles. The highest BCUT2D eigenvalue weighted by Gasteiger charge is 2.23. The number of nitrogens with zero attached hydrogens (tertiary/aromatic N) is 2. The molecular weight excluding hydrogens is 324 g/mol. The Morgan fingerprint density at radius 1 is 1.00 bits per heavy atom. The third-order valence-corrected chi connectivity index (χ3v) is 5.21. The molecular formula is C22H28N2O2. The predicted molar refractivity (Wildman–Crippen MR) is 106 cm³/mol. The predicted octanol–water partition coefficient (Wildman–Crippen LogP) is 3.97. The minimum Gasteiger partial charge on any atom is -0.494 e. The molecule has 0 radical (unpaired) electrons. The minimum absolute atomic E-state index is 0.108. The van der Waals surface area contributed by atoms with Crippen molar-refractivity contribution in [1.29, 1.82) is 0 Å². The molecule has 0 aromatic heterocycles. The SMILES string of the molecule is CCOc1ccc(C(=O)N2CCN(c3cccc(C)c3C)CC2)cc1C. The van der Waals surface area contributed by atoms with E-state index in [0.717, 1.165) is 43.1 Å². The molecule has 3 rings (SSSR count). The zero-order valence-electron chi connectivity index (χ0n) is 16.2. The molecule has 0 saturated carbocycles. The van der Waals surface area contributed by atoms with Gasteiger partial charge in [-0.2, -0.15) is 0 Å². The van der Waals surface area contributed by atoms with Gasteiger partial charge in [-0.25, -0.2) is 0 Å². The van der Waals surface area contributed by atoms with Crippen LogP contribution in [0.15, 0.2) is 36.4 Å². The van der Waals surface area contributed by atoms with Crippen molar-refractivity contribution in [3.05, 3.63) is 58.7 Å². The van der Waals surface area contributed by atoms with Crippen LogP contribution in [0.5, 0.6) is 5.75 Å². The van der Waals surface area contributed by atoms with Crippen molar-refractivity contribution in [2.75, 3.05) is 37.7 Å². The van der Waals surface area contributed by atoms with Gasteiger partial charge in [-0.15, -0.1) is 0 Å². The van der Waals surface area contributed by atoms with Crippen molar-refractivity contribution in [3.63, 3.8) is 0 Å². The van der Waals surface area contributed by atoms with Crippen LogP contribution in [0, 0.1) is 20.8 Å². The zero-order chi connectivity index (χ0) is 18.7. The highest BCUT2D eigenvalue weighted by atomic mass is 16.5. The Bertz CT molecular complexity index is 793. The number of piperazine rings is 1. The number of aryl methyl sites for hydroxylation is 2. The van der Waals surface area contributed by atoms with E-state index in [-0.39, 0.29) is 5.91 Å². The van der Waals surface area contributed by atoms with E-state index >= 15 is 0 Å². The molecule has 4 heteroatoms. The van der Waals surface area contributed by atoms with E-state index in [1.54, 1.807) is 0 Å². The van der Waals surface area contributed by atoms with Crippen LogP contribution < -0.4 is 9.64 Å². The van der Waals surface area contributed by atoms with Gasteiger partial charge in [0.15, 0.2) is 0 Å². The number of hydrogen-bond donors (Lipinski definition) is 0. The van der Waals surface area contributed by atoms with Gasteiger partial charge in [0.2, 0.25) is 0 Å². The summed E-state index contributed by atoms with van der Waals surface area (Å²) in [4.78, 5) is 17.2. The molecule has 2 aromatic carbocycles. The number of ether oxygens (including phenoxy) is 1. The van der Waals surface area contributed by atoms with E-state index in [2.05, 4.69) is 36.9 Å². The van der Waals surface area contributed by atoms with Crippen molar-refractivity contribution < 1.29 is 9.53 Å². The summed E-state index contributed by atoms with van der Waals surface area (Å²) in [6.07, 6.45) is 0. The normalized spacial score (nSPS) is 14.5. The first-order valence-electron chi connectivity index (χ1n) is 9.35. The van der Waals surface area contributed by atoms with Crippen molar-refractivity contribution >= 4 is 11.6 Å². The Morgan fingerprint density at radius 2 is 1.73 bits per heavy atom. The second kappa shape index (κ2) is 7.81. The van der Waals surface area contributed by atoms with E-state index in [0.29, 0.717) is 6.61 Å². The molecule has 0 bridgehead atoms. The molecule has 0 atom stereocenters. The van der Waals surface area contributed by atoms with Crippen LogP contribution in [-0.2, 0) is 0 Å². The first-order valence-corrected chi connectivity index (χ1v) is 9.35. The Hall–Kier alpha value is -2.49. The Morgan fingerprint density at radius 3 is 2.38 bits per heavy atom. The van der Waals surface area contributed by atoms with Gasteiger partial charge in [0.1, 0.15) is 5.75 Å². The maximum atomic E-state index is 12.9. The maximum Gasteiger partial charge on any atom is 0.253 e.